The maximum absolute atomic E-state index is 11.9. The van der Waals surface area contributed by atoms with Gasteiger partial charge in [-0.15, -0.1) is 0 Å². The van der Waals surface area contributed by atoms with Crippen LogP contribution in [0.1, 0.15) is 16.6 Å². The van der Waals surface area contributed by atoms with E-state index in [0.717, 1.165) is 6.20 Å². The van der Waals surface area contributed by atoms with Gasteiger partial charge in [0.1, 0.15) is 4.88 Å². The Labute approximate surface area is 81.5 Å². The van der Waals surface area contributed by atoms with E-state index in [9.17, 15) is 18.0 Å². The highest BCUT2D eigenvalue weighted by molar-refractivity contribution is 7.15. The molecule has 0 radical (unpaired) electrons. The van der Waals surface area contributed by atoms with Gasteiger partial charge >= 0.3 is 6.18 Å². The molecule has 1 aromatic rings. The van der Waals surface area contributed by atoms with Crippen molar-refractivity contribution in [2.75, 3.05) is 6.61 Å². The second-order valence-electron chi connectivity index (χ2n) is 2.25. The summed E-state index contributed by atoms with van der Waals surface area (Å²) >= 11 is 0.590. The smallest absolute Gasteiger partial charge is 0.455 e. The summed E-state index contributed by atoms with van der Waals surface area (Å²) in [4.78, 5) is 13.7. The predicted molar refractivity (Wildman–Crippen MR) is 43.7 cm³/mol. The number of hydrogen-bond acceptors (Lipinski definition) is 4. The number of rotatable bonds is 3. The summed E-state index contributed by atoms with van der Waals surface area (Å²) in [6.45, 7) is 1.97. The summed E-state index contributed by atoms with van der Waals surface area (Å²) in [7, 11) is 0. The van der Waals surface area contributed by atoms with Gasteiger partial charge in [-0.1, -0.05) is 11.3 Å². The van der Waals surface area contributed by atoms with Crippen molar-refractivity contribution < 1.29 is 22.7 Å². The van der Waals surface area contributed by atoms with Gasteiger partial charge in [0.25, 0.3) is 11.0 Å². The third-order valence-electron chi connectivity index (χ3n) is 1.23. The number of Topliss-reactive ketones (excluding diaryl/α,β-unsaturated/α-hetero) is 1. The van der Waals surface area contributed by atoms with E-state index in [1.54, 1.807) is 6.92 Å². The number of alkyl halides is 3. The van der Waals surface area contributed by atoms with Crippen LogP contribution in [-0.4, -0.2) is 23.6 Å². The Kier molecular flexibility index (Phi) is 3.10. The van der Waals surface area contributed by atoms with Gasteiger partial charge in [0.2, 0.25) is 0 Å². The van der Waals surface area contributed by atoms with E-state index < -0.39 is 16.8 Å². The van der Waals surface area contributed by atoms with Crippen LogP contribution in [0.3, 0.4) is 0 Å². The molecule has 0 saturated heterocycles. The third-order valence-corrected chi connectivity index (χ3v) is 2.14. The Balaban J connectivity index is 2.82. The van der Waals surface area contributed by atoms with Crippen LogP contribution in [0.2, 0.25) is 0 Å². The van der Waals surface area contributed by atoms with Gasteiger partial charge < -0.3 is 4.74 Å². The Bertz CT molecular complexity index is 334. The zero-order chi connectivity index (χ0) is 10.8. The number of halogens is 3. The van der Waals surface area contributed by atoms with E-state index in [1.165, 1.54) is 0 Å². The summed E-state index contributed by atoms with van der Waals surface area (Å²) in [5.41, 5.74) is 0. The van der Waals surface area contributed by atoms with Gasteiger partial charge in [0.05, 0.1) is 12.8 Å². The van der Waals surface area contributed by atoms with Crippen molar-refractivity contribution in [3.05, 3.63) is 11.1 Å². The number of ether oxygens (including phenoxy) is 1. The lowest BCUT2D eigenvalue weighted by Gasteiger charge is -2.00. The van der Waals surface area contributed by atoms with Crippen molar-refractivity contribution in [3.8, 4) is 5.19 Å². The summed E-state index contributed by atoms with van der Waals surface area (Å²) in [6, 6.07) is 0. The zero-order valence-electron chi connectivity index (χ0n) is 7.09. The Morgan fingerprint density at radius 2 is 2.29 bits per heavy atom. The molecule has 14 heavy (non-hydrogen) atoms. The van der Waals surface area contributed by atoms with E-state index >= 15 is 0 Å². The van der Waals surface area contributed by atoms with Gasteiger partial charge in [-0.2, -0.15) is 13.2 Å². The molecule has 0 aliphatic carbocycles. The van der Waals surface area contributed by atoms with Crippen LogP contribution < -0.4 is 4.74 Å². The van der Waals surface area contributed by atoms with Crippen LogP contribution in [0.25, 0.3) is 0 Å². The van der Waals surface area contributed by atoms with Gasteiger partial charge in [-0.05, 0) is 6.92 Å². The van der Waals surface area contributed by atoms with Crippen LogP contribution in [0.4, 0.5) is 13.2 Å². The Hall–Kier alpha value is -1.11. The van der Waals surface area contributed by atoms with E-state index in [4.69, 9.17) is 4.74 Å². The predicted octanol–water partition coefficient (Wildman–Crippen LogP) is 2.29. The van der Waals surface area contributed by atoms with Crippen LogP contribution in [0, 0.1) is 0 Å². The van der Waals surface area contributed by atoms with Gasteiger partial charge in [-0.3, -0.25) is 4.79 Å². The quantitative estimate of drug-likeness (QED) is 0.741. The molecular weight excluding hydrogens is 219 g/mol. The van der Waals surface area contributed by atoms with Gasteiger partial charge in [-0.25, -0.2) is 4.98 Å². The number of thiazole rings is 1. The van der Waals surface area contributed by atoms with Crippen molar-refractivity contribution in [3.63, 3.8) is 0 Å². The molecule has 0 N–H and O–H groups in total. The molecule has 0 amide bonds. The molecule has 0 aliphatic rings. The molecule has 78 valence electrons. The molecule has 0 saturated carbocycles. The van der Waals surface area contributed by atoms with Crippen molar-refractivity contribution in [1.29, 1.82) is 0 Å². The van der Waals surface area contributed by atoms with Gasteiger partial charge in [0.15, 0.2) is 0 Å². The van der Waals surface area contributed by atoms with Crippen molar-refractivity contribution in [1.82, 2.24) is 4.98 Å². The van der Waals surface area contributed by atoms with E-state index in [-0.39, 0.29) is 5.19 Å². The number of aromatic nitrogens is 1. The average Bonchev–Trinajstić information content (AvgIpc) is 2.50. The highest BCUT2D eigenvalue weighted by Crippen LogP contribution is 2.27. The van der Waals surface area contributed by atoms with Crippen molar-refractivity contribution in [2.45, 2.75) is 13.1 Å². The molecule has 0 aromatic carbocycles. The standard InChI is InChI=1S/C7H6F3NO2S/c1-2-13-6-11-3-4(14-6)5(12)7(8,9)10/h3H,2H2,1H3. The minimum Gasteiger partial charge on any atom is -0.470 e. The van der Waals surface area contributed by atoms with Crippen LogP contribution in [-0.2, 0) is 0 Å². The maximum atomic E-state index is 11.9. The lowest BCUT2D eigenvalue weighted by atomic mass is 10.3. The topological polar surface area (TPSA) is 39.2 Å². The average molecular weight is 225 g/mol. The first-order valence-corrected chi connectivity index (χ1v) is 4.47. The molecule has 1 heterocycles. The first kappa shape index (κ1) is 11.0. The molecule has 0 atom stereocenters. The maximum Gasteiger partial charge on any atom is 0.455 e. The highest BCUT2D eigenvalue weighted by Gasteiger charge is 2.40. The molecule has 0 fully saturated rings. The number of nitrogens with zero attached hydrogens (tertiary/aromatic N) is 1. The Morgan fingerprint density at radius 1 is 1.64 bits per heavy atom. The van der Waals surface area contributed by atoms with Crippen LogP contribution in [0.15, 0.2) is 6.20 Å². The molecule has 3 nitrogen and oxygen atoms in total. The minimum atomic E-state index is -4.85. The Morgan fingerprint density at radius 3 is 2.79 bits per heavy atom. The largest absolute Gasteiger partial charge is 0.470 e. The SMILES string of the molecule is CCOc1ncc(C(=O)C(F)(F)F)s1. The fourth-order valence-electron chi connectivity index (χ4n) is 0.693. The van der Waals surface area contributed by atoms with Crippen molar-refractivity contribution >= 4 is 17.1 Å². The lowest BCUT2D eigenvalue weighted by Crippen LogP contribution is -2.21. The zero-order valence-corrected chi connectivity index (χ0v) is 7.91. The lowest BCUT2D eigenvalue weighted by molar-refractivity contribution is -0.0882. The number of carbonyl (C=O) groups is 1. The molecular formula is C7H6F3NO2S. The molecule has 0 aliphatic heterocycles. The molecule has 0 unspecified atom stereocenters. The molecule has 1 aromatic heterocycles. The molecule has 1 rings (SSSR count). The van der Waals surface area contributed by atoms with Gasteiger partial charge in [0, 0.05) is 0 Å². The summed E-state index contributed by atoms with van der Waals surface area (Å²) in [6.07, 6.45) is -3.98. The normalized spacial score (nSPS) is 11.4. The van der Waals surface area contributed by atoms with Crippen molar-refractivity contribution in [2.24, 2.45) is 0 Å². The second kappa shape index (κ2) is 3.95. The minimum absolute atomic E-state index is 0.0695. The number of hydrogen-bond donors (Lipinski definition) is 0. The van der Waals surface area contributed by atoms with E-state index in [2.05, 4.69) is 4.98 Å². The number of carbonyl (C=O) groups excluding carboxylic acids is 1. The first-order chi connectivity index (χ1) is 6.45. The summed E-state index contributed by atoms with van der Waals surface area (Å²) in [5, 5.41) is 0.0695. The first-order valence-electron chi connectivity index (χ1n) is 3.65. The van der Waals surface area contributed by atoms with Crippen LogP contribution in [0.5, 0.6) is 5.19 Å². The summed E-state index contributed by atoms with van der Waals surface area (Å²) < 4.78 is 40.6. The highest BCUT2D eigenvalue weighted by atomic mass is 32.1. The van der Waals surface area contributed by atoms with Crippen LogP contribution >= 0.6 is 11.3 Å². The monoisotopic (exact) mass is 225 g/mol. The van der Waals surface area contributed by atoms with E-state index in [0.29, 0.717) is 17.9 Å². The van der Waals surface area contributed by atoms with E-state index in [1.807, 2.05) is 0 Å². The summed E-state index contributed by atoms with van der Waals surface area (Å²) in [5.74, 6) is -1.89. The third kappa shape index (κ3) is 2.44. The molecule has 0 spiro atoms. The fraction of sp³-hybridized carbons (Fsp3) is 0.429. The second-order valence-corrected chi connectivity index (χ2v) is 3.24. The number of ketones is 1. The molecule has 7 heteroatoms. The molecule has 0 bridgehead atoms. The fourth-order valence-corrected chi connectivity index (χ4v) is 1.48.